The molecule has 4 atom stereocenters. The van der Waals surface area contributed by atoms with Crippen LogP contribution in [-0.4, -0.2) is 10.3 Å². The zero-order chi connectivity index (χ0) is 15.5. The van der Waals surface area contributed by atoms with Crippen molar-refractivity contribution >= 4 is 45.1 Å². The van der Waals surface area contributed by atoms with Gasteiger partial charge in [-0.3, -0.25) is 4.79 Å². The van der Waals surface area contributed by atoms with E-state index in [9.17, 15) is 4.79 Å². The largest absolute Gasteiger partial charge is 0.424 e. The predicted octanol–water partition coefficient (Wildman–Crippen LogP) is 5.63. The molecule has 1 aromatic rings. The van der Waals surface area contributed by atoms with Gasteiger partial charge in [0.2, 0.25) is 0 Å². The fraction of sp³-hybridized carbons (Fsp3) is 0.588. The van der Waals surface area contributed by atoms with Crippen molar-refractivity contribution in [2.75, 3.05) is 0 Å². The maximum absolute atomic E-state index is 12.9. The highest BCUT2D eigenvalue weighted by atomic mass is 79.9. The Hall–Kier alpha value is -0.250. The number of halogens is 3. The Morgan fingerprint density at radius 1 is 1.18 bits per heavy atom. The van der Waals surface area contributed by atoms with Crippen molar-refractivity contribution in [3.8, 4) is 5.75 Å². The molecule has 0 heterocycles. The first-order chi connectivity index (χ1) is 10.4. The number of esters is 1. The summed E-state index contributed by atoms with van der Waals surface area (Å²) in [5.41, 5.74) is -0.348. The number of carbonyl (C=O) groups excluding carboxylic acids is 1. The van der Waals surface area contributed by atoms with Crippen LogP contribution in [0.15, 0.2) is 18.2 Å². The standard InChI is InChI=1S/C17H17BrCl2O2/c18-17-7-10-3-11(8-17)6-16(5-10,9-17)15(21)22-14-4-12(19)1-2-13(14)20/h1-2,4,10-11H,3,5-9H2/t10-,11+,16?,17?. The molecule has 5 rings (SSSR count). The summed E-state index contributed by atoms with van der Waals surface area (Å²) < 4.78 is 5.81. The van der Waals surface area contributed by atoms with Crippen LogP contribution in [0.3, 0.4) is 0 Å². The number of carbonyl (C=O) groups is 1. The second kappa shape index (κ2) is 5.12. The van der Waals surface area contributed by atoms with Gasteiger partial charge in [0.25, 0.3) is 0 Å². The number of hydrogen-bond acceptors (Lipinski definition) is 2. The third-order valence-electron chi connectivity index (χ3n) is 5.52. The Morgan fingerprint density at radius 2 is 1.86 bits per heavy atom. The van der Waals surface area contributed by atoms with Gasteiger partial charge in [0.1, 0.15) is 0 Å². The maximum Gasteiger partial charge on any atom is 0.317 e. The number of alkyl halides is 1. The molecule has 4 fully saturated rings. The quantitative estimate of drug-likeness (QED) is 0.363. The Balaban J connectivity index is 1.61. The normalized spacial score (nSPS) is 39.0. The van der Waals surface area contributed by atoms with Gasteiger partial charge in [0.15, 0.2) is 5.75 Å². The minimum Gasteiger partial charge on any atom is -0.424 e. The van der Waals surface area contributed by atoms with Crippen molar-refractivity contribution in [2.24, 2.45) is 17.3 Å². The van der Waals surface area contributed by atoms with Crippen molar-refractivity contribution in [1.82, 2.24) is 0 Å². The van der Waals surface area contributed by atoms with E-state index in [1.165, 1.54) is 19.3 Å². The summed E-state index contributed by atoms with van der Waals surface area (Å²) >= 11 is 16.0. The third-order valence-corrected chi connectivity index (χ3v) is 6.99. The van der Waals surface area contributed by atoms with E-state index in [0.29, 0.717) is 27.6 Å². The van der Waals surface area contributed by atoms with E-state index in [4.69, 9.17) is 27.9 Å². The van der Waals surface area contributed by atoms with E-state index in [1.807, 2.05) is 0 Å². The molecule has 0 aliphatic heterocycles. The van der Waals surface area contributed by atoms with Crippen LogP contribution in [0.2, 0.25) is 10.0 Å². The van der Waals surface area contributed by atoms with Crippen molar-refractivity contribution in [3.05, 3.63) is 28.2 Å². The number of benzene rings is 1. The molecule has 0 radical (unpaired) electrons. The van der Waals surface area contributed by atoms with Crippen molar-refractivity contribution in [1.29, 1.82) is 0 Å². The van der Waals surface area contributed by atoms with Crippen LogP contribution in [0.1, 0.15) is 38.5 Å². The number of rotatable bonds is 2. The molecule has 4 aliphatic carbocycles. The molecule has 1 aromatic carbocycles. The monoisotopic (exact) mass is 402 g/mol. The molecule has 4 aliphatic rings. The summed E-state index contributed by atoms with van der Waals surface area (Å²) in [7, 11) is 0. The van der Waals surface area contributed by atoms with Crippen LogP contribution in [-0.2, 0) is 4.79 Å². The smallest absolute Gasteiger partial charge is 0.317 e. The van der Waals surface area contributed by atoms with Crippen LogP contribution in [0.25, 0.3) is 0 Å². The molecule has 4 saturated carbocycles. The van der Waals surface area contributed by atoms with Gasteiger partial charge in [-0.05, 0) is 62.5 Å². The summed E-state index contributed by atoms with van der Waals surface area (Å²) in [6, 6.07) is 4.98. The fourth-order valence-electron chi connectivity index (χ4n) is 5.15. The molecule has 2 nitrogen and oxygen atoms in total. The van der Waals surface area contributed by atoms with Crippen molar-refractivity contribution < 1.29 is 9.53 Å². The van der Waals surface area contributed by atoms with E-state index in [0.717, 1.165) is 19.3 Å². The minimum absolute atomic E-state index is 0.130. The summed E-state index contributed by atoms with van der Waals surface area (Å²) in [4.78, 5) is 12.9. The Labute approximate surface area is 148 Å². The molecule has 5 heteroatoms. The van der Waals surface area contributed by atoms with Gasteiger partial charge in [-0.25, -0.2) is 0 Å². The van der Waals surface area contributed by atoms with E-state index < -0.39 is 0 Å². The van der Waals surface area contributed by atoms with E-state index in [2.05, 4.69) is 15.9 Å². The molecule has 118 valence electrons. The highest BCUT2D eigenvalue weighted by Crippen LogP contribution is 2.64. The van der Waals surface area contributed by atoms with Gasteiger partial charge < -0.3 is 4.74 Å². The van der Waals surface area contributed by atoms with Crippen LogP contribution in [0.4, 0.5) is 0 Å². The number of hydrogen-bond donors (Lipinski definition) is 0. The molecule has 0 N–H and O–H groups in total. The molecule has 0 spiro atoms. The molecule has 0 aromatic heterocycles. The fourth-order valence-corrected chi connectivity index (χ4v) is 6.92. The van der Waals surface area contributed by atoms with Gasteiger partial charge in [-0.2, -0.15) is 0 Å². The first kappa shape index (κ1) is 15.3. The third kappa shape index (κ3) is 2.50. The molecule has 4 bridgehead atoms. The average Bonchev–Trinajstić information content (AvgIpc) is 2.40. The van der Waals surface area contributed by atoms with Crippen molar-refractivity contribution in [3.63, 3.8) is 0 Å². The topological polar surface area (TPSA) is 26.3 Å². The molecular formula is C17H17BrCl2O2. The molecule has 0 saturated heterocycles. The van der Waals surface area contributed by atoms with Gasteiger partial charge in [-0.1, -0.05) is 39.1 Å². The minimum atomic E-state index is -0.348. The van der Waals surface area contributed by atoms with Gasteiger partial charge in [0, 0.05) is 15.4 Å². The molecule has 22 heavy (non-hydrogen) atoms. The highest BCUT2D eigenvalue weighted by molar-refractivity contribution is 9.10. The Kier molecular flexibility index (Phi) is 3.56. The lowest BCUT2D eigenvalue weighted by Gasteiger charge is -2.58. The summed E-state index contributed by atoms with van der Waals surface area (Å²) in [5, 5.41) is 0.950. The van der Waals surface area contributed by atoms with Crippen molar-refractivity contribution in [2.45, 2.75) is 42.8 Å². The summed E-state index contributed by atoms with van der Waals surface area (Å²) in [6.45, 7) is 0. The first-order valence-electron chi connectivity index (χ1n) is 7.74. The van der Waals surface area contributed by atoms with Crippen LogP contribution < -0.4 is 4.74 Å². The van der Waals surface area contributed by atoms with Gasteiger partial charge >= 0.3 is 5.97 Å². The van der Waals surface area contributed by atoms with Gasteiger partial charge in [-0.15, -0.1) is 0 Å². The Bertz CT molecular complexity index is 632. The average molecular weight is 404 g/mol. The number of ether oxygens (including phenoxy) is 1. The van der Waals surface area contributed by atoms with Crippen LogP contribution in [0.5, 0.6) is 5.75 Å². The zero-order valence-electron chi connectivity index (χ0n) is 12.1. The van der Waals surface area contributed by atoms with E-state index >= 15 is 0 Å². The molecule has 0 amide bonds. The lowest BCUT2D eigenvalue weighted by molar-refractivity contribution is -0.159. The van der Waals surface area contributed by atoms with E-state index in [-0.39, 0.29) is 15.7 Å². The predicted molar refractivity (Wildman–Crippen MR) is 90.9 cm³/mol. The highest BCUT2D eigenvalue weighted by Gasteiger charge is 2.60. The van der Waals surface area contributed by atoms with Crippen LogP contribution >= 0.6 is 39.1 Å². The zero-order valence-corrected chi connectivity index (χ0v) is 15.2. The molecule has 2 unspecified atom stereocenters. The summed E-state index contributed by atoms with van der Waals surface area (Å²) in [6.07, 6.45) is 6.43. The SMILES string of the molecule is O=C(Oc1cc(Cl)ccc1Cl)C12C[C@@H]3C[C@@H](CC(Br)(C3)C1)C2. The van der Waals surface area contributed by atoms with Crippen LogP contribution in [0, 0.1) is 17.3 Å². The second-order valence-electron chi connectivity index (χ2n) is 7.36. The first-order valence-corrected chi connectivity index (χ1v) is 9.29. The summed E-state index contributed by atoms with van der Waals surface area (Å²) in [5.74, 6) is 1.53. The van der Waals surface area contributed by atoms with Gasteiger partial charge in [0.05, 0.1) is 10.4 Å². The lowest BCUT2D eigenvalue weighted by Crippen LogP contribution is -2.56. The Morgan fingerprint density at radius 3 is 2.50 bits per heavy atom. The second-order valence-corrected chi connectivity index (χ2v) is 9.88. The molecular weight excluding hydrogens is 387 g/mol. The maximum atomic E-state index is 12.9. The van der Waals surface area contributed by atoms with E-state index in [1.54, 1.807) is 18.2 Å². The lowest BCUT2D eigenvalue weighted by atomic mass is 9.49.